The number of nitrogens with one attached hydrogen (secondary N) is 1. The Hall–Kier alpha value is -0.240. The molecule has 0 amide bonds. The summed E-state index contributed by atoms with van der Waals surface area (Å²) >= 11 is 12.4. The fourth-order valence-corrected chi connectivity index (χ4v) is 4.20. The molecular weight excluding hydrogens is 301 g/mol. The summed E-state index contributed by atoms with van der Waals surface area (Å²) < 4.78 is 0. The summed E-state index contributed by atoms with van der Waals surface area (Å²) in [4.78, 5) is 0. The quantitative estimate of drug-likeness (QED) is 0.758. The lowest BCUT2D eigenvalue weighted by molar-refractivity contribution is 0.146. The van der Waals surface area contributed by atoms with Gasteiger partial charge in [-0.15, -0.1) is 0 Å². The van der Waals surface area contributed by atoms with Crippen molar-refractivity contribution in [2.45, 2.75) is 39.5 Å². The first-order chi connectivity index (χ1) is 10.0. The van der Waals surface area contributed by atoms with E-state index in [-0.39, 0.29) is 0 Å². The van der Waals surface area contributed by atoms with Crippen LogP contribution in [-0.4, -0.2) is 13.6 Å². The molecule has 0 bridgehead atoms. The molecule has 2 rings (SSSR count). The first-order valence-corrected chi connectivity index (χ1v) is 8.85. The maximum atomic E-state index is 6.37. The van der Waals surface area contributed by atoms with E-state index in [0.717, 1.165) is 46.7 Å². The van der Waals surface area contributed by atoms with E-state index in [1.54, 1.807) is 0 Å². The molecule has 0 saturated heterocycles. The highest BCUT2D eigenvalue weighted by Gasteiger charge is 2.31. The Labute approximate surface area is 139 Å². The van der Waals surface area contributed by atoms with E-state index < -0.39 is 0 Å². The number of benzene rings is 1. The fraction of sp³-hybridized carbons (Fsp3) is 0.667. The van der Waals surface area contributed by atoms with Crippen molar-refractivity contribution in [1.29, 1.82) is 0 Å². The highest BCUT2D eigenvalue weighted by molar-refractivity contribution is 6.35. The summed E-state index contributed by atoms with van der Waals surface area (Å²) in [5.41, 5.74) is 1.25. The van der Waals surface area contributed by atoms with E-state index in [0.29, 0.717) is 0 Å². The summed E-state index contributed by atoms with van der Waals surface area (Å²) in [6.45, 7) is 5.82. The predicted molar refractivity (Wildman–Crippen MR) is 93.3 cm³/mol. The van der Waals surface area contributed by atoms with Crippen LogP contribution in [0.5, 0.6) is 0 Å². The Balaban J connectivity index is 2.11. The molecule has 0 spiro atoms. The second-order valence-electron chi connectivity index (χ2n) is 6.83. The standard InChI is InChI=1S/C18H27Cl2N/c1-12(2)13-4-5-15(11-21-3)16(8-13)9-14-6-7-17(19)10-18(14)20/h6-7,10,12-13,15-16,21H,4-5,8-9,11H2,1-3H3. The maximum absolute atomic E-state index is 6.37. The average Bonchev–Trinajstić information content (AvgIpc) is 2.43. The smallest absolute Gasteiger partial charge is 0.0452 e. The van der Waals surface area contributed by atoms with Gasteiger partial charge >= 0.3 is 0 Å². The van der Waals surface area contributed by atoms with Gasteiger partial charge in [0, 0.05) is 10.0 Å². The second-order valence-corrected chi connectivity index (χ2v) is 7.68. The summed E-state index contributed by atoms with van der Waals surface area (Å²) in [6.07, 6.45) is 5.10. The zero-order chi connectivity index (χ0) is 15.4. The molecule has 3 unspecified atom stereocenters. The lowest BCUT2D eigenvalue weighted by Gasteiger charge is -2.38. The third-order valence-corrected chi connectivity index (χ3v) is 5.67. The highest BCUT2D eigenvalue weighted by atomic mass is 35.5. The molecule has 3 atom stereocenters. The van der Waals surface area contributed by atoms with Crippen LogP contribution in [0.1, 0.15) is 38.7 Å². The molecule has 1 saturated carbocycles. The Morgan fingerprint density at radius 2 is 1.95 bits per heavy atom. The lowest BCUT2D eigenvalue weighted by atomic mass is 9.68. The third kappa shape index (κ3) is 4.61. The number of halogens is 2. The Morgan fingerprint density at radius 1 is 1.19 bits per heavy atom. The minimum atomic E-state index is 0.720. The Bertz CT molecular complexity index is 459. The molecule has 1 aromatic carbocycles. The monoisotopic (exact) mass is 327 g/mol. The van der Waals surface area contributed by atoms with E-state index in [9.17, 15) is 0 Å². The maximum Gasteiger partial charge on any atom is 0.0452 e. The van der Waals surface area contributed by atoms with Crippen LogP contribution in [0.2, 0.25) is 10.0 Å². The van der Waals surface area contributed by atoms with Gasteiger partial charge in [-0.2, -0.15) is 0 Å². The van der Waals surface area contributed by atoms with Crippen molar-refractivity contribution in [3.63, 3.8) is 0 Å². The molecule has 21 heavy (non-hydrogen) atoms. The summed E-state index contributed by atoms with van der Waals surface area (Å²) in [5, 5.41) is 4.91. The zero-order valence-corrected chi connectivity index (χ0v) is 14.8. The molecule has 1 N–H and O–H groups in total. The molecular formula is C18H27Cl2N. The topological polar surface area (TPSA) is 12.0 Å². The van der Waals surface area contributed by atoms with Crippen LogP contribution in [0.15, 0.2) is 18.2 Å². The van der Waals surface area contributed by atoms with Crippen LogP contribution in [-0.2, 0) is 6.42 Å². The number of hydrogen-bond donors (Lipinski definition) is 1. The van der Waals surface area contributed by atoms with Gasteiger partial charge in [-0.1, -0.05) is 43.1 Å². The van der Waals surface area contributed by atoms with Crippen LogP contribution in [0.4, 0.5) is 0 Å². The largest absolute Gasteiger partial charge is 0.319 e. The van der Waals surface area contributed by atoms with Crippen molar-refractivity contribution < 1.29 is 0 Å². The fourth-order valence-electron chi connectivity index (χ4n) is 3.72. The van der Waals surface area contributed by atoms with Gasteiger partial charge in [0.2, 0.25) is 0 Å². The van der Waals surface area contributed by atoms with Gasteiger partial charge in [0.25, 0.3) is 0 Å². The molecule has 1 fully saturated rings. The SMILES string of the molecule is CNCC1CCC(C(C)C)CC1Cc1ccc(Cl)cc1Cl. The minimum absolute atomic E-state index is 0.720. The third-order valence-electron chi connectivity index (χ3n) is 5.09. The van der Waals surface area contributed by atoms with Gasteiger partial charge in [-0.05, 0) is 80.6 Å². The summed E-state index contributed by atoms with van der Waals surface area (Å²) in [7, 11) is 2.06. The van der Waals surface area contributed by atoms with Crippen molar-refractivity contribution in [3.05, 3.63) is 33.8 Å². The normalized spacial score (nSPS) is 26.3. The molecule has 0 aromatic heterocycles. The van der Waals surface area contributed by atoms with E-state index in [4.69, 9.17) is 23.2 Å². The van der Waals surface area contributed by atoms with Gasteiger partial charge in [0.05, 0.1) is 0 Å². The van der Waals surface area contributed by atoms with Crippen molar-refractivity contribution in [1.82, 2.24) is 5.32 Å². The minimum Gasteiger partial charge on any atom is -0.319 e. The molecule has 0 aliphatic heterocycles. The van der Waals surface area contributed by atoms with Gasteiger partial charge in [0.1, 0.15) is 0 Å². The van der Waals surface area contributed by atoms with E-state index >= 15 is 0 Å². The van der Waals surface area contributed by atoms with Crippen LogP contribution >= 0.6 is 23.2 Å². The molecule has 0 heterocycles. The number of rotatable bonds is 5. The first-order valence-electron chi connectivity index (χ1n) is 8.09. The number of hydrogen-bond acceptors (Lipinski definition) is 1. The van der Waals surface area contributed by atoms with Crippen molar-refractivity contribution >= 4 is 23.2 Å². The van der Waals surface area contributed by atoms with Crippen molar-refractivity contribution in [2.24, 2.45) is 23.7 Å². The van der Waals surface area contributed by atoms with Gasteiger partial charge in [-0.3, -0.25) is 0 Å². The average molecular weight is 328 g/mol. The summed E-state index contributed by atoms with van der Waals surface area (Å²) in [5.74, 6) is 3.12. The molecule has 1 aliphatic carbocycles. The van der Waals surface area contributed by atoms with Crippen LogP contribution in [0.25, 0.3) is 0 Å². The van der Waals surface area contributed by atoms with Crippen LogP contribution < -0.4 is 5.32 Å². The Kier molecular flexibility index (Phi) is 6.40. The zero-order valence-electron chi connectivity index (χ0n) is 13.3. The van der Waals surface area contributed by atoms with E-state index in [1.807, 2.05) is 12.1 Å². The van der Waals surface area contributed by atoms with Crippen LogP contribution in [0.3, 0.4) is 0 Å². The molecule has 118 valence electrons. The molecule has 1 nitrogen and oxygen atoms in total. The highest BCUT2D eigenvalue weighted by Crippen LogP contribution is 2.39. The molecule has 3 heteroatoms. The molecule has 0 radical (unpaired) electrons. The van der Waals surface area contributed by atoms with Crippen LogP contribution in [0, 0.1) is 23.7 Å². The van der Waals surface area contributed by atoms with E-state index in [1.165, 1.54) is 24.8 Å². The van der Waals surface area contributed by atoms with E-state index in [2.05, 4.69) is 32.3 Å². The molecule has 1 aromatic rings. The predicted octanol–water partition coefficient (Wildman–Crippen LogP) is 5.44. The van der Waals surface area contributed by atoms with Gasteiger partial charge in [-0.25, -0.2) is 0 Å². The summed E-state index contributed by atoms with van der Waals surface area (Å²) in [6, 6.07) is 5.92. The second kappa shape index (κ2) is 7.85. The van der Waals surface area contributed by atoms with Gasteiger partial charge < -0.3 is 5.32 Å². The first kappa shape index (κ1) is 17.1. The lowest BCUT2D eigenvalue weighted by Crippen LogP contribution is -2.34. The van der Waals surface area contributed by atoms with Crippen molar-refractivity contribution in [3.8, 4) is 0 Å². The van der Waals surface area contributed by atoms with Crippen molar-refractivity contribution in [2.75, 3.05) is 13.6 Å². The Morgan fingerprint density at radius 3 is 2.57 bits per heavy atom. The van der Waals surface area contributed by atoms with Gasteiger partial charge in [0.15, 0.2) is 0 Å². The molecule has 1 aliphatic rings.